The molecular formula is C21H16N2O4. The SMILES string of the molecule is Cc1cccn2c(=O)cc(COC(=O)c3ccc4ccccc4c3O)nc12. The number of nitrogens with zero attached hydrogens (tertiary/aromatic N) is 2. The van der Waals surface area contributed by atoms with E-state index in [1.54, 1.807) is 30.5 Å². The lowest BCUT2D eigenvalue weighted by atomic mass is 10.1. The quantitative estimate of drug-likeness (QED) is 0.568. The number of aromatic nitrogens is 2. The molecule has 1 N–H and O–H groups in total. The second kappa shape index (κ2) is 6.57. The van der Waals surface area contributed by atoms with Gasteiger partial charge in [-0.15, -0.1) is 0 Å². The Morgan fingerprint density at radius 2 is 1.96 bits per heavy atom. The monoisotopic (exact) mass is 360 g/mol. The van der Waals surface area contributed by atoms with Crippen LogP contribution in [0.1, 0.15) is 21.6 Å². The standard InChI is InChI=1S/C21H16N2O4/c1-13-5-4-10-23-18(24)11-15(22-20(13)23)12-27-21(26)17-9-8-14-6-2-3-7-16(14)19(17)25/h2-11,25H,12H2,1H3. The third-order valence-electron chi connectivity index (χ3n) is 4.41. The average Bonchev–Trinajstić information content (AvgIpc) is 2.67. The van der Waals surface area contributed by atoms with E-state index >= 15 is 0 Å². The first kappa shape index (κ1) is 16.8. The lowest BCUT2D eigenvalue weighted by molar-refractivity contribution is 0.0464. The van der Waals surface area contributed by atoms with Gasteiger partial charge in [0.25, 0.3) is 5.56 Å². The number of aryl methyl sites for hydroxylation is 1. The molecule has 2 aromatic heterocycles. The van der Waals surface area contributed by atoms with Gasteiger partial charge in [-0.1, -0.05) is 36.4 Å². The molecule has 134 valence electrons. The van der Waals surface area contributed by atoms with E-state index in [1.165, 1.54) is 16.5 Å². The van der Waals surface area contributed by atoms with Gasteiger partial charge in [-0.25, -0.2) is 9.78 Å². The van der Waals surface area contributed by atoms with Gasteiger partial charge < -0.3 is 9.84 Å². The van der Waals surface area contributed by atoms with E-state index in [0.717, 1.165) is 10.9 Å². The van der Waals surface area contributed by atoms with Crippen LogP contribution in [0.25, 0.3) is 16.4 Å². The highest BCUT2D eigenvalue weighted by Gasteiger charge is 2.16. The molecule has 0 fully saturated rings. The molecule has 27 heavy (non-hydrogen) atoms. The number of fused-ring (bicyclic) bond motifs is 2. The number of carbonyl (C=O) groups excluding carboxylic acids is 1. The summed E-state index contributed by atoms with van der Waals surface area (Å²) < 4.78 is 6.72. The molecular weight excluding hydrogens is 344 g/mol. The zero-order chi connectivity index (χ0) is 19.0. The van der Waals surface area contributed by atoms with Crippen molar-refractivity contribution in [1.29, 1.82) is 0 Å². The van der Waals surface area contributed by atoms with E-state index in [4.69, 9.17) is 4.74 Å². The highest BCUT2D eigenvalue weighted by Crippen LogP contribution is 2.29. The summed E-state index contributed by atoms with van der Waals surface area (Å²) in [6, 6.07) is 15.4. The fourth-order valence-corrected chi connectivity index (χ4v) is 3.02. The minimum Gasteiger partial charge on any atom is -0.506 e. The number of carbonyl (C=O) groups is 1. The van der Waals surface area contributed by atoms with E-state index < -0.39 is 5.97 Å². The lowest BCUT2D eigenvalue weighted by Crippen LogP contribution is -2.17. The first-order chi connectivity index (χ1) is 13.0. The van der Waals surface area contributed by atoms with Crippen molar-refractivity contribution >= 4 is 22.4 Å². The van der Waals surface area contributed by atoms with Crippen LogP contribution in [0.3, 0.4) is 0 Å². The average molecular weight is 360 g/mol. The molecule has 6 heteroatoms. The number of hydrogen-bond donors (Lipinski definition) is 1. The molecule has 6 nitrogen and oxygen atoms in total. The third kappa shape index (κ3) is 3.01. The molecule has 4 rings (SSSR count). The molecule has 0 atom stereocenters. The predicted molar refractivity (Wildman–Crippen MR) is 101 cm³/mol. The van der Waals surface area contributed by atoms with Gasteiger partial charge in [-0.05, 0) is 30.0 Å². The molecule has 0 aliphatic heterocycles. The fourth-order valence-electron chi connectivity index (χ4n) is 3.02. The maximum Gasteiger partial charge on any atom is 0.342 e. The summed E-state index contributed by atoms with van der Waals surface area (Å²) in [7, 11) is 0. The summed E-state index contributed by atoms with van der Waals surface area (Å²) in [5, 5.41) is 11.8. The van der Waals surface area contributed by atoms with E-state index in [2.05, 4.69) is 4.98 Å². The maximum absolute atomic E-state index is 12.4. The molecule has 0 bridgehead atoms. The summed E-state index contributed by atoms with van der Waals surface area (Å²) in [5.41, 5.74) is 1.54. The van der Waals surface area contributed by atoms with Crippen molar-refractivity contribution in [2.24, 2.45) is 0 Å². The van der Waals surface area contributed by atoms with Crippen molar-refractivity contribution in [2.75, 3.05) is 0 Å². The molecule has 4 aromatic rings. The largest absolute Gasteiger partial charge is 0.506 e. The van der Waals surface area contributed by atoms with Gasteiger partial charge in [0.05, 0.1) is 5.69 Å². The Hall–Kier alpha value is -3.67. The van der Waals surface area contributed by atoms with Crippen LogP contribution >= 0.6 is 0 Å². The Kier molecular flexibility index (Phi) is 4.08. The van der Waals surface area contributed by atoms with Crippen molar-refractivity contribution < 1.29 is 14.6 Å². The van der Waals surface area contributed by atoms with Crippen LogP contribution in [0.4, 0.5) is 0 Å². The van der Waals surface area contributed by atoms with Gasteiger partial charge in [0.15, 0.2) is 0 Å². The zero-order valence-corrected chi connectivity index (χ0v) is 14.5. The van der Waals surface area contributed by atoms with Gasteiger partial charge in [-0.2, -0.15) is 0 Å². The van der Waals surface area contributed by atoms with Gasteiger partial charge in [0.2, 0.25) is 0 Å². The topological polar surface area (TPSA) is 80.9 Å². The smallest absolute Gasteiger partial charge is 0.342 e. The van der Waals surface area contributed by atoms with Crippen LogP contribution in [0.15, 0.2) is 65.6 Å². The predicted octanol–water partition coefficient (Wildman–Crippen LogP) is 3.22. The highest BCUT2D eigenvalue weighted by molar-refractivity contribution is 6.01. The summed E-state index contributed by atoms with van der Waals surface area (Å²) >= 11 is 0. The molecule has 2 heterocycles. The van der Waals surface area contributed by atoms with Crippen LogP contribution in [-0.4, -0.2) is 20.5 Å². The number of phenolic OH excluding ortho intramolecular Hbond substituents is 1. The van der Waals surface area contributed by atoms with Crippen molar-refractivity contribution in [3.05, 3.63) is 88.0 Å². The van der Waals surface area contributed by atoms with Crippen molar-refractivity contribution in [3.63, 3.8) is 0 Å². The van der Waals surface area contributed by atoms with Gasteiger partial charge in [0.1, 0.15) is 23.6 Å². The van der Waals surface area contributed by atoms with Crippen molar-refractivity contribution in [2.45, 2.75) is 13.5 Å². The normalized spacial score (nSPS) is 11.0. The van der Waals surface area contributed by atoms with Crippen LogP contribution < -0.4 is 5.56 Å². The molecule has 0 aliphatic carbocycles. The van der Waals surface area contributed by atoms with Crippen LogP contribution in [0.5, 0.6) is 5.75 Å². The molecule has 0 amide bonds. The number of aromatic hydroxyl groups is 1. The minimum absolute atomic E-state index is 0.0717. The van der Waals surface area contributed by atoms with Crippen LogP contribution in [0.2, 0.25) is 0 Å². The Morgan fingerprint density at radius 1 is 1.15 bits per heavy atom. The Bertz CT molecular complexity index is 1240. The second-order valence-corrected chi connectivity index (χ2v) is 6.23. The van der Waals surface area contributed by atoms with Gasteiger partial charge >= 0.3 is 5.97 Å². The number of esters is 1. The van der Waals surface area contributed by atoms with Gasteiger partial charge in [-0.3, -0.25) is 9.20 Å². The van der Waals surface area contributed by atoms with Crippen LogP contribution in [-0.2, 0) is 11.3 Å². The number of pyridine rings is 1. The van der Waals surface area contributed by atoms with E-state index in [0.29, 0.717) is 16.7 Å². The molecule has 0 saturated heterocycles. The molecule has 0 aliphatic rings. The molecule has 0 saturated carbocycles. The Morgan fingerprint density at radius 3 is 2.81 bits per heavy atom. The number of ether oxygens (including phenoxy) is 1. The highest BCUT2D eigenvalue weighted by atomic mass is 16.5. The molecule has 0 unspecified atom stereocenters. The third-order valence-corrected chi connectivity index (χ3v) is 4.41. The number of rotatable bonds is 3. The fraction of sp³-hybridized carbons (Fsp3) is 0.0952. The number of benzene rings is 2. The lowest BCUT2D eigenvalue weighted by Gasteiger charge is -2.09. The summed E-state index contributed by atoms with van der Waals surface area (Å²) in [6.45, 7) is 1.69. The first-order valence-corrected chi connectivity index (χ1v) is 8.40. The van der Waals surface area contributed by atoms with Crippen LogP contribution in [0, 0.1) is 6.92 Å². The molecule has 2 aromatic carbocycles. The van der Waals surface area contributed by atoms with E-state index in [-0.39, 0.29) is 23.5 Å². The van der Waals surface area contributed by atoms with E-state index in [9.17, 15) is 14.7 Å². The molecule has 0 spiro atoms. The number of hydrogen-bond acceptors (Lipinski definition) is 5. The van der Waals surface area contributed by atoms with Crippen molar-refractivity contribution in [3.8, 4) is 5.75 Å². The van der Waals surface area contributed by atoms with E-state index in [1.807, 2.05) is 25.1 Å². The summed E-state index contributed by atoms with van der Waals surface area (Å²) in [6.07, 6.45) is 1.64. The Labute approximate surface area is 154 Å². The second-order valence-electron chi connectivity index (χ2n) is 6.23. The Balaban J connectivity index is 1.61. The minimum atomic E-state index is -0.676. The van der Waals surface area contributed by atoms with Gasteiger partial charge in [0, 0.05) is 17.6 Å². The summed E-state index contributed by atoms with van der Waals surface area (Å²) in [4.78, 5) is 29.0. The maximum atomic E-state index is 12.4. The summed E-state index contributed by atoms with van der Waals surface area (Å²) in [5.74, 6) is -0.800. The molecule has 0 radical (unpaired) electrons. The first-order valence-electron chi connectivity index (χ1n) is 8.40. The number of phenols is 1. The zero-order valence-electron chi connectivity index (χ0n) is 14.5. The van der Waals surface area contributed by atoms with Crippen molar-refractivity contribution in [1.82, 2.24) is 9.38 Å².